The molecule has 5 heteroatoms. The maximum absolute atomic E-state index is 12.5. The number of rotatable bonds is 2. The molecule has 1 aliphatic heterocycles. The van der Waals surface area contributed by atoms with Gasteiger partial charge in [-0.1, -0.05) is 24.4 Å². The second-order valence-electron chi connectivity index (χ2n) is 5.52. The van der Waals surface area contributed by atoms with Crippen LogP contribution in [0.5, 0.6) is 0 Å². The van der Waals surface area contributed by atoms with Gasteiger partial charge in [0.2, 0.25) is 0 Å². The van der Waals surface area contributed by atoms with Crippen molar-refractivity contribution < 1.29 is 4.79 Å². The van der Waals surface area contributed by atoms with Crippen LogP contribution >= 0.6 is 12.2 Å². The van der Waals surface area contributed by atoms with Gasteiger partial charge in [-0.25, -0.2) is 0 Å². The fourth-order valence-electron chi connectivity index (χ4n) is 2.53. The summed E-state index contributed by atoms with van der Waals surface area (Å²) in [6.07, 6.45) is 0. The van der Waals surface area contributed by atoms with E-state index in [0.29, 0.717) is 22.6 Å². The molecule has 0 radical (unpaired) electrons. The van der Waals surface area contributed by atoms with Gasteiger partial charge < -0.3 is 10.6 Å². The van der Waals surface area contributed by atoms with Gasteiger partial charge in [0.25, 0.3) is 5.91 Å². The van der Waals surface area contributed by atoms with Gasteiger partial charge in [-0.2, -0.15) is 0 Å². The van der Waals surface area contributed by atoms with E-state index in [1.807, 2.05) is 4.90 Å². The average molecular weight is 291 g/mol. The van der Waals surface area contributed by atoms with Gasteiger partial charge in [0, 0.05) is 36.3 Å². The number of hydrogen-bond donors (Lipinski definition) is 1. The van der Waals surface area contributed by atoms with Crippen LogP contribution in [0, 0.1) is 0 Å². The number of amides is 1. The summed E-state index contributed by atoms with van der Waals surface area (Å²) in [5.41, 5.74) is 7.04. The Morgan fingerprint density at radius 2 is 1.60 bits per heavy atom. The molecule has 2 rings (SSSR count). The lowest BCUT2D eigenvalue weighted by molar-refractivity contribution is 0.0414. The summed E-state index contributed by atoms with van der Waals surface area (Å²) < 4.78 is 0. The molecular formula is C15H21N3OS. The van der Waals surface area contributed by atoms with Crippen LogP contribution < -0.4 is 5.73 Å². The Balaban J connectivity index is 2.13. The SMILES string of the molecule is CC1CN(C(=O)c2ccc(C(N)=S)cc2)CC(C)N1C. The molecule has 0 saturated carbocycles. The van der Waals surface area contributed by atoms with Crippen LogP contribution in [-0.2, 0) is 0 Å². The predicted octanol–water partition coefficient (Wildman–Crippen LogP) is 1.49. The Labute approximate surface area is 125 Å². The summed E-state index contributed by atoms with van der Waals surface area (Å²) in [5, 5.41) is 0. The van der Waals surface area contributed by atoms with Crippen molar-refractivity contribution in [2.75, 3.05) is 20.1 Å². The van der Waals surface area contributed by atoms with Crippen molar-refractivity contribution in [2.45, 2.75) is 25.9 Å². The van der Waals surface area contributed by atoms with E-state index < -0.39 is 0 Å². The third kappa shape index (κ3) is 2.99. The molecule has 1 fully saturated rings. The molecule has 1 aromatic carbocycles. The lowest BCUT2D eigenvalue weighted by Crippen LogP contribution is -2.56. The van der Waals surface area contributed by atoms with Crippen molar-refractivity contribution in [3.05, 3.63) is 35.4 Å². The fourth-order valence-corrected chi connectivity index (χ4v) is 2.67. The first-order valence-electron chi connectivity index (χ1n) is 6.81. The molecule has 4 nitrogen and oxygen atoms in total. The summed E-state index contributed by atoms with van der Waals surface area (Å²) in [5.74, 6) is 0.0753. The van der Waals surface area contributed by atoms with Crippen molar-refractivity contribution >= 4 is 23.1 Å². The van der Waals surface area contributed by atoms with Crippen LogP contribution in [-0.4, -0.2) is 52.9 Å². The highest BCUT2D eigenvalue weighted by atomic mass is 32.1. The molecule has 20 heavy (non-hydrogen) atoms. The van der Waals surface area contributed by atoms with E-state index in [1.165, 1.54) is 0 Å². The van der Waals surface area contributed by atoms with E-state index in [0.717, 1.165) is 18.7 Å². The predicted molar refractivity (Wildman–Crippen MR) is 84.9 cm³/mol. The van der Waals surface area contributed by atoms with Crippen molar-refractivity contribution in [3.8, 4) is 0 Å². The molecule has 1 aliphatic rings. The van der Waals surface area contributed by atoms with E-state index in [2.05, 4.69) is 25.8 Å². The smallest absolute Gasteiger partial charge is 0.253 e. The maximum atomic E-state index is 12.5. The lowest BCUT2D eigenvalue weighted by atomic mass is 10.1. The minimum atomic E-state index is 0.0753. The van der Waals surface area contributed by atoms with E-state index >= 15 is 0 Å². The molecule has 2 unspecified atom stereocenters. The van der Waals surface area contributed by atoms with Gasteiger partial charge in [0.05, 0.1) is 0 Å². The highest BCUT2D eigenvalue weighted by Gasteiger charge is 2.29. The number of thiocarbonyl (C=S) groups is 1. The van der Waals surface area contributed by atoms with E-state index in [4.69, 9.17) is 18.0 Å². The number of piperazine rings is 1. The normalized spacial score (nSPS) is 23.6. The number of benzene rings is 1. The Bertz CT molecular complexity index is 502. The molecule has 1 heterocycles. The van der Waals surface area contributed by atoms with Gasteiger partial charge >= 0.3 is 0 Å². The summed E-state index contributed by atoms with van der Waals surface area (Å²) >= 11 is 4.92. The molecule has 2 N–H and O–H groups in total. The summed E-state index contributed by atoms with van der Waals surface area (Å²) in [6, 6.07) is 7.95. The number of carbonyl (C=O) groups is 1. The first-order valence-corrected chi connectivity index (χ1v) is 7.22. The Morgan fingerprint density at radius 1 is 1.15 bits per heavy atom. The van der Waals surface area contributed by atoms with Crippen molar-refractivity contribution in [3.63, 3.8) is 0 Å². The largest absolute Gasteiger partial charge is 0.389 e. The first kappa shape index (κ1) is 14.9. The molecule has 1 amide bonds. The monoisotopic (exact) mass is 291 g/mol. The Hall–Kier alpha value is -1.46. The summed E-state index contributed by atoms with van der Waals surface area (Å²) in [4.78, 5) is 17.1. The third-order valence-electron chi connectivity index (χ3n) is 4.06. The van der Waals surface area contributed by atoms with Crippen LogP contribution in [0.4, 0.5) is 0 Å². The van der Waals surface area contributed by atoms with Crippen LogP contribution in [0.1, 0.15) is 29.8 Å². The third-order valence-corrected chi connectivity index (χ3v) is 4.30. The van der Waals surface area contributed by atoms with Crippen molar-refractivity contribution in [1.29, 1.82) is 0 Å². The molecule has 108 valence electrons. The van der Waals surface area contributed by atoms with E-state index in [-0.39, 0.29) is 5.91 Å². The summed E-state index contributed by atoms with van der Waals surface area (Å²) in [6.45, 7) is 5.81. The number of nitrogens with two attached hydrogens (primary N) is 1. The number of nitrogens with zero attached hydrogens (tertiary/aromatic N) is 2. The minimum Gasteiger partial charge on any atom is -0.389 e. The highest BCUT2D eigenvalue weighted by Crippen LogP contribution is 2.16. The van der Waals surface area contributed by atoms with Gasteiger partial charge in [-0.15, -0.1) is 0 Å². The van der Waals surface area contributed by atoms with Gasteiger partial charge in [-0.3, -0.25) is 9.69 Å². The number of likely N-dealkylation sites (N-methyl/N-ethyl adjacent to an activating group) is 1. The lowest BCUT2D eigenvalue weighted by Gasteiger charge is -2.42. The molecule has 1 aromatic rings. The van der Waals surface area contributed by atoms with Crippen LogP contribution in [0.25, 0.3) is 0 Å². The second-order valence-corrected chi connectivity index (χ2v) is 5.96. The second kappa shape index (κ2) is 5.89. The molecule has 2 atom stereocenters. The minimum absolute atomic E-state index is 0.0753. The first-order chi connectivity index (χ1) is 9.40. The topological polar surface area (TPSA) is 49.6 Å². The molecule has 1 saturated heterocycles. The Morgan fingerprint density at radius 3 is 2.05 bits per heavy atom. The van der Waals surface area contributed by atoms with Crippen molar-refractivity contribution in [2.24, 2.45) is 5.73 Å². The molecule has 0 aromatic heterocycles. The van der Waals surface area contributed by atoms with Crippen LogP contribution in [0.15, 0.2) is 24.3 Å². The zero-order chi connectivity index (χ0) is 14.9. The van der Waals surface area contributed by atoms with Crippen LogP contribution in [0.3, 0.4) is 0 Å². The van der Waals surface area contributed by atoms with Crippen LogP contribution in [0.2, 0.25) is 0 Å². The zero-order valence-electron chi connectivity index (χ0n) is 12.2. The van der Waals surface area contributed by atoms with Gasteiger partial charge in [0.1, 0.15) is 4.99 Å². The van der Waals surface area contributed by atoms with Gasteiger partial charge in [-0.05, 0) is 33.0 Å². The maximum Gasteiger partial charge on any atom is 0.253 e. The average Bonchev–Trinajstić information content (AvgIpc) is 2.43. The number of carbonyl (C=O) groups excluding carboxylic acids is 1. The molecule has 0 spiro atoms. The van der Waals surface area contributed by atoms with Gasteiger partial charge in [0.15, 0.2) is 0 Å². The molecular weight excluding hydrogens is 270 g/mol. The van der Waals surface area contributed by atoms with E-state index in [1.54, 1.807) is 24.3 Å². The molecule has 0 bridgehead atoms. The summed E-state index contributed by atoms with van der Waals surface area (Å²) in [7, 11) is 2.11. The van der Waals surface area contributed by atoms with Crippen molar-refractivity contribution in [1.82, 2.24) is 9.80 Å². The number of hydrogen-bond acceptors (Lipinski definition) is 3. The molecule has 0 aliphatic carbocycles. The zero-order valence-corrected chi connectivity index (χ0v) is 13.0. The van der Waals surface area contributed by atoms with E-state index in [9.17, 15) is 4.79 Å². The highest BCUT2D eigenvalue weighted by molar-refractivity contribution is 7.80. The Kier molecular flexibility index (Phi) is 4.40. The standard InChI is InChI=1S/C15H21N3OS/c1-10-8-18(9-11(2)17(10)3)15(19)13-6-4-12(5-7-13)14(16)20/h4-7,10-11H,8-9H2,1-3H3,(H2,16,20). The quantitative estimate of drug-likeness (QED) is 0.839. The fraction of sp³-hybridized carbons (Fsp3) is 0.467.